The average Bonchev–Trinajstić information content (AvgIpc) is 2.40. The van der Waals surface area contributed by atoms with Crippen molar-refractivity contribution < 1.29 is 0 Å². The minimum atomic E-state index is 0.678. The Morgan fingerprint density at radius 2 is 1.84 bits per heavy atom. The number of likely N-dealkylation sites (N-methyl/N-ethyl adjacent to an activating group) is 1. The van der Waals surface area contributed by atoms with Gasteiger partial charge in [-0.15, -0.1) is 0 Å². The minimum absolute atomic E-state index is 0.678. The van der Waals surface area contributed by atoms with Crippen LogP contribution in [-0.2, 0) is 0 Å². The molecule has 2 aliphatic rings. The summed E-state index contributed by atoms with van der Waals surface area (Å²) in [6.45, 7) is 9.80. The second kappa shape index (κ2) is 7.61. The van der Waals surface area contributed by atoms with Crippen molar-refractivity contribution in [3.05, 3.63) is 0 Å². The van der Waals surface area contributed by atoms with Gasteiger partial charge in [-0.25, -0.2) is 0 Å². The lowest BCUT2D eigenvalue weighted by molar-refractivity contribution is 0.116. The molecule has 2 aliphatic heterocycles. The lowest BCUT2D eigenvalue weighted by Crippen LogP contribution is -2.49. The highest BCUT2D eigenvalue weighted by Gasteiger charge is 2.23. The summed E-state index contributed by atoms with van der Waals surface area (Å²) in [4.78, 5) is 5.31. The summed E-state index contributed by atoms with van der Waals surface area (Å²) in [5.74, 6) is 0. The minimum Gasteiger partial charge on any atom is -0.311 e. The van der Waals surface area contributed by atoms with E-state index in [1.54, 1.807) is 0 Å². The van der Waals surface area contributed by atoms with E-state index in [4.69, 9.17) is 0 Å². The van der Waals surface area contributed by atoms with E-state index in [0.717, 1.165) is 12.1 Å². The van der Waals surface area contributed by atoms with E-state index in [2.05, 4.69) is 36.0 Å². The first-order valence-corrected chi connectivity index (χ1v) is 8.37. The topological polar surface area (TPSA) is 18.5 Å². The van der Waals surface area contributed by atoms with Crippen LogP contribution in [0.1, 0.15) is 52.4 Å². The number of nitrogens with zero attached hydrogens (tertiary/aromatic N) is 2. The zero-order valence-corrected chi connectivity index (χ0v) is 13.2. The summed E-state index contributed by atoms with van der Waals surface area (Å²) in [6, 6.07) is 2.20. The summed E-state index contributed by atoms with van der Waals surface area (Å²) in [6.07, 6.45) is 8.11. The molecule has 1 N–H and O–H groups in total. The summed E-state index contributed by atoms with van der Waals surface area (Å²) >= 11 is 0. The van der Waals surface area contributed by atoms with Gasteiger partial charge >= 0.3 is 0 Å². The molecule has 2 heterocycles. The molecule has 0 bridgehead atoms. The van der Waals surface area contributed by atoms with Gasteiger partial charge in [-0.1, -0.05) is 13.3 Å². The van der Waals surface area contributed by atoms with Crippen molar-refractivity contribution in [2.75, 3.05) is 33.2 Å². The van der Waals surface area contributed by atoms with E-state index in [1.807, 2.05) is 0 Å². The Hall–Kier alpha value is -0.120. The molecule has 0 amide bonds. The molecule has 2 fully saturated rings. The normalized spacial score (nSPS) is 35.8. The van der Waals surface area contributed by atoms with Gasteiger partial charge in [0.05, 0.1) is 0 Å². The predicted octanol–water partition coefficient (Wildman–Crippen LogP) is 2.32. The van der Waals surface area contributed by atoms with Crippen molar-refractivity contribution in [2.24, 2.45) is 0 Å². The molecule has 0 aliphatic carbocycles. The molecule has 0 spiro atoms. The van der Waals surface area contributed by atoms with Crippen LogP contribution in [0, 0.1) is 0 Å². The molecular formula is C16H33N3. The molecule has 0 aromatic rings. The molecule has 3 unspecified atom stereocenters. The van der Waals surface area contributed by atoms with E-state index in [0.29, 0.717) is 6.04 Å². The standard InChI is InChI=1S/C16H33N3/c1-4-15-9-12-19(11-8-14(2)17-15)13-16-7-5-6-10-18(16)3/h14-17H,4-13H2,1-3H3. The summed E-state index contributed by atoms with van der Waals surface area (Å²) < 4.78 is 0. The number of likely N-dealkylation sites (tertiary alicyclic amines) is 1. The fourth-order valence-corrected chi connectivity index (χ4v) is 3.57. The van der Waals surface area contributed by atoms with E-state index in [-0.39, 0.29) is 0 Å². The van der Waals surface area contributed by atoms with Gasteiger partial charge in [0.2, 0.25) is 0 Å². The van der Waals surface area contributed by atoms with Gasteiger partial charge in [0.25, 0.3) is 0 Å². The smallest absolute Gasteiger partial charge is 0.0220 e. The molecule has 2 rings (SSSR count). The van der Waals surface area contributed by atoms with Crippen LogP contribution in [0.4, 0.5) is 0 Å². The van der Waals surface area contributed by atoms with E-state index < -0.39 is 0 Å². The lowest BCUT2D eigenvalue weighted by Gasteiger charge is -2.38. The number of piperidine rings is 1. The van der Waals surface area contributed by atoms with Crippen LogP contribution in [0.25, 0.3) is 0 Å². The van der Waals surface area contributed by atoms with Crippen molar-refractivity contribution >= 4 is 0 Å². The van der Waals surface area contributed by atoms with Gasteiger partial charge in [0.15, 0.2) is 0 Å². The maximum atomic E-state index is 3.76. The first kappa shape index (κ1) is 15.3. The van der Waals surface area contributed by atoms with Crippen molar-refractivity contribution in [2.45, 2.75) is 70.5 Å². The molecule has 19 heavy (non-hydrogen) atoms. The number of nitrogens with one attached hydrogen (secondary N) is 1. The quantitative estimate of drug-likeness (QED) is 0.846. The fourth-order valence-electron chi connectivity index (χ4n) is 3.57. The fraction of sp³-hybridized carbons (Fsp3) is 1.00. The molecule has 3 heteroatoms. The predicted molar refractivity (Wildman–Crippen MR) is 82.6 cm³/mol. The maximum Gasteiger partial charge on any atom is 0.0220 e. The lowest BCUT2D eigenvalue weighted by atomic mass is 10.0. The molecule has 112 valence electrons. The van der Waals surface area contributed by atoms with Gasteiger partial charge < -0.3 is 15.1 Å². The van der Waals surface area contributed by atoms with Gasteiger partial charge in [0.1, 0.15) is 0 Å². The molecule has 0 radical (unpaired) electrons. The zero-order chi connectivity index (χ0) is 13.7. The monoisotopic (exact) mass is 267 g/mol. The summed E-state index contributed by atoms with van der Waals surface area (Å²) in [5, 5.41) is 3.76. The Balaban J connectivity index is 1.84. The van der Waals surface area contributed by atoms with Crippen LogP contribution in [0.5, 0.6) is 0 Å². The van der Waals surface area contributed by atoms with Crippen LogP contribution in [0.3, 0.4) is 0 Å². The third-order valence-electron chi connectivity index (χ3n) is 5.08. The first-order chi connectivity index (χ1) is 9.19. The molecular weight excluding hydrogens is 234 g/mol. The van der Waals surface area contributed by atoms with Crippen molar-refractivity contribution in [3.63, 3.8) is 0 Å². The van der Waals surface area contributed by atoms with E-state index in [1.165, 1.54) is 64.7 Å². The Morgan fingerprint density at radius 3 is 2.58 bits per heavy atom. The number of hydrogen-bond donors (Lipinski definition) is 1. The highest BCUT2D eigenvalue weighted by Crippen LogP contribution is 2.17. The van der Waals surface area contributed by atoms with Crippen molar-refractivity contribution in [1.82, 2.24) is 15.1 Å². The van der Waals surface area contributed by atoms with Gasteiger partial charge in [-0.2, -0.15) is 0 Å². The summed E-state index contributed by atoms with van der Waals surface area (Å²) in [5.41, 5.74) is 0. The first-order valence-electron chi connectivity index (χ1n) is 8.37. The van der Waals surface area contributed by atoms with Crippen molar-refractivity contribution in [1.29, 1.82) is 0 Å². The largest absolute Gasteiger partial charge is 0.311 e. The van der Waals surface area contributed by atoms with Crippen LogP contribution in [0.15, 0.2) is 0 Å². The molecule has 0 aromatic heterocycles. The van der Waals surface area contributed by atoms with Crippen LogP contribution >= 0.6 is 0 Å². The Kier molecular flexibility index (Phi) is 6.11. The maximum absolute atomic E-state index is 3.76. The molecule has 2 saturated heterocycles. The van der Waals surface area contributed by atoms with Gasteiger partial charge in [0, 0.05) is 24.7 Å². The average molecular weight is 267 g/mol. The second-order valence-electron chi connectivity index (χ2n) is 6.68. The van der Waals surface area contributed by atoms with Crippen LogP contribution in [0.2, 0.25) is 0 Å². The third kappa shape index (κ3) is 4.73. The molecule has 0 saturated carbocycles. The van der Waals surface area contributed by atoms with Crippen LogP contribution in [-0.4, -0.2) is 61.2 Å². The summed E-state index contributed by atoms with van der Waals surface area (Å²) in [7, 11) is 2.31. The second-order valence-corrected chi connectivity index (χ2v) is 6.68. The Morgan fingerprint density at radius 1 is 1.05 bits per heavy atom. The number of hydrogen-bond acceptors (Lipinski definition) is 3. The van der Waals surface area contributed by atoms with E-state index in [9.17, 15) is 0 Å². The Bertz CT molecular complexity index is 256. The number of rotatable bonds is 3. The van der Waals surface area contributed by atoms with Crippen LogP contribution < -0.4 is 5.32 Å². The highest BCUT2D eigenvalue weighted by atomic mass is 15.2. The molecule has 3 atom stereocenters. The Labute approximate surface area is 119 Å². The third-order valence-corrected chi connectivity index (χ3v) is 5.08. The molecule has 0 aromatic carbocycles. The SMILES string of the molecule is CCC1CCN(CC2CCCCN2C)CCC(C)N1. The zero-order valence-electron chi connectivity index (χ0n) is 13.2. The van der Waals surface area contributed by atoms with Gasteiger partial charge in [-0.05, 0) is 65.7 Å². The highest BCUT2D eigenvalue weighted by molar-refractivity contribution is 4.82. The van der Waals surface area contributed by atoms with Crippen molar-refractivity contribution in [3.8, 4) is 0 Å². The van der Waals surface area contributed by atoms with Gasteiger partial charge in [-0.3, -0.25) is 0 Å². The van der Waals surface area contributed by atoms with E-state index >= 15 is 0 Å². The molecule has 3 nitrogen and oxygen atoms in total.